The lowest BCUT2D eigenvalue weighted by molar-refractivity contribution is -0.120. The van der Waals surface area contributed by atoms with Crippen molar-refractivity contribution in [2.75, 3.05) is 13.2 Å². The van der Waals surface area contributed by atoms with E-state index < -0.39 is 0 Å². The van der Waals surface area contributed by atoms with E-state index in [1.807, 2.05) is 0 Å². The van der Waals surface area contributed by atoms with Gasteiger partial charge in [-0.2, -0.15) is 4.52 Å². The van der Waals surface area contributed by atoms with Crippen molar-refractivity contribution in [3.05, 3.63) is 77.9 Å². The molecular weight excluding hydrogens is 392 g/mol. The Balaban J connectivity index is 1.34. The molecule has 9 heteroatoms. The third kappa shape index (κ3) is 4.57. The van der Waals surface area contributed by atoms with Crippen molar-refractivity contribution in [3.63, 3.8) is 0 Å². The standard InChI is InChI=1S/C21H17F2N5O2/c22-16-5-1-14(2-6-16)13-19(29)24-11-12-30-20-10-9-18-25-26-21(28(18)27-20)15-3-7-17(23)8-4-15/h1-10H,11-13H2,(H,24,29). The molecule has 4 rings (SSSR count). The summed E-state index contributed by atoms with van der Waals surface area (Å²) < 4.78 is 33.2. The first-order valence-corrected chi connectivity index (χ1v) is 9.21. The molecule has 1 amide bonds. The highest BCUT2D eigenvalue weighted by Crippen LogP contribution is 2.19. The van der Waals surface area contributed by atoms with Crippen LogP contribution in [-0.4, -0.2) is 38.9 Å². The van der Waals surface area contributed by atoms with E-state index in [0.717, 1.165) is 5.56 Å². The zero-order chi connectivity index (χ0) is 20.9. The number of benzene rings is 2. The van der Waals surface area contributed by atoms with Crippen LogP contribution in [0.4, 0.5) is 8.78 Å². The van der Waals surface area contributed by atoms with Gasteiger partial charge >= 0.3 is 0 Å². The number of carbonyl (C=O) groups excluding carboxylic acids is 1. The minimum absolute atomic E-state index is 0.159. The number of amides is 1. The van der Waals surface area contributed by atoms with Gasteiger partial charge in [-0.3, -0.25) is 4.79 Å². The molecule has 4 aromatic rings. The summed E-state index contributed by atoms with van der Waals surface area (Å²) in [5.41, 5.74) is 1.92. The molecule has 0 aliphatic carbocycles. The Morgan fingerprint density at radius 3 is 2.37 bits per heavy atom. The van der Waals surface area contributed by atoms with Crippen molar-refractivity contribution < 1.29 is 18.3 Å². The lowest BCUT2D eigenvalue weighted by Crippen LogP contribution is -2.29. The second-order valence-corrected chi connectivity index (χ2v) is 6.47. The number of fused-ring (bicyclic) bond motifs is 1. The number of carbonyl (C=O) groups is 1. The van der Waals surface area contributed by atoms with Crippen LogP contribution in [0.3, 0.4) is 0 Å². The molecule has 2 heterocycles. The highest BCUT2D eigenvalue weighted by molar-refractivity contribution is 5.78. The van der Waals surface area contributed by atoms with E-state index in [4.69, 9.17) is 4.74 Å². The molecule has 0 unspecified atom stereocenters. The third-order valence-electron chi connectivity index (χ3n) is 4.29. The lowest BCUT2D eigenvalue weighted by Gasteiger charge is -2.08. The van der Waals surface area contributed by atoms with Gasteiger partial charge in [0.15, 0.2) is 11.5 Å². The molecule has 152 valence electrons. The Labute approximate surface area is 170 Å². The fourth-order valence-corrected chi connectivity index (χ4v) is 2.82. The second kappa shape index (κ2) is 8.64. The van der Waals surface area contributed by atoms with E-state index in [1.165, 1.54) is 28.8 Å². The molecule has 2 aromatic heterocycles. The van der Waals surface area contributed by atoms with Crippen LogP contribution < -0.4 is 10.1 Å². The maximum atomic E-state index is 13.2. The van der Waals surface area contributed by atoms with Gasteiger partial charge in [0.25, 0.3) is 0 Å². The number of rotatable bonds is 7. The topological polar surface area (TPSA) is 81.4 Å². The molecule has 2 aromatic carbocycles. The van der Waals surface area contributed by atoms with Crippen LogP contribution in [0.5, 0.6) is 5.88 Å². The highest BCUT2D eigenvalue weighted by Gasteiger charge is 2.11. The highest BCUT2D eigenvalue weighted by atomic mass is 19.1. The molecule has 1 N–H and O–H groups in total. The minimum atomic E-state index is -0.342. The van der Waals surface area contributed by atoms with Gasteiger partial charge in [0, 0.05) is 11.6 Å². The Morgan fingerprint density at radius 2 is 1.63 bits per heavy atom. The lowest BCUT2D eigenvalue weighted by atomic mass is 10.1. The molecule has 0 aliphatic rings. The van der Waals surface area contributed by atoms with Gasteiger partial charge in [-0.05, 0) is 48.0 Å². The Kier molecular flexibility index (Phi) is 5.60. The summed E-state index contributed by atoms with van der Waals surface area (Å²) in [4.78, 5) is 12.0. The van der Waals surface area contributed by atoms with Crippen LogP contribution in [-0.2, 0) is 11.2 Å². The second-order valence-electron chi connectivity index (χ2n) is 6.47. The Bertz CT molecular complexity index is 1160. The SMILES string of the molecule is O=C(Cc1ccc(F)cc1)NCCOc1ccc2nnc(-c3ccc(F)cc3)n2n1. The molecule has 0 saturated heterocycles. The van der Waals surface area contributed by atoms with E-state index >= 15 is 0 Å². The van der Waals surface area contributed by atoms with Gasteiger partial charge in [-0.25, -0.2) is 8.78 Å². The number of halogens is 2. The maximum absolute atomic E-state index is 13.2. The van der Waals surface area contributed by atoms with Gasteiger partial charge < -0.3 is 10.1 Å². The van der Waals surface area contributed by atoms with Crippen molar-refractivity contribution in [1.82, 2.24) is 25.1 Å². The smallest absolute Gasteiger partial charge is 0.231 e. The third-order valence-corrected chi connectivity index (χ3v) is 4.29. The first-order valence-electron chi connectivity index (χ1n) is 9.21. The number of hydrogen-bond acceptors (Lipinski definition) is 5. The number of nitrogens with one attached hydrogen (secondary N) is 1. The van der Waals surface area contributed by atoms with Crippen LogP contribution in [0.2, 0.25) is 0 Å². The summed E-state index contributed by atoms with van der Waals surface area (Å²) in [6.07, 6.45) is 0.159. The van der Waals surface area contributed by atoms with Crippen molar-refractivity contribution in [2.24, 2.45) is 0 Å². The van der Waals surface area contributed by atoms with Gasteiger partial charge in [0.1, 0.15) is 18.2 Å². The predicted molar refractivity (Wildman–Crippen MR) is 105 cm³/mol. The quantitative estimate of drug-likeness (QED) is 0.475. The van der Waals surface area contributed by atoms with E-state index in [2.05, 4.69) is 20.6 Å². The van der Waals surface area contributed by atoms with E-state index in [1.54, 1.807) is 36.4 Å². The van der Waals surface area contributed by atoms with Crippen molar-refractivity contribution in [1.29, 1.82) is 0 Å². The van der Waals surface area contributed by atoms with Crippen LogP contribution >= 0.6 is 0 Å². The molecule has 0 radical (unpaired) electrons. The van der Waals surface area contributed by atoms with Crippen molar-refractivity contribution in [2.45, 2.75) is 6.42 Å². The van der Waals surface area contributed by atoms with Gasteiger partial charge in [0.2, 0.25) is 11.8 Å². The average Bonchev–Trinajstić information content (AvgIpc) is 3.17. The summed E-state index contributed by atoms with van der Waals surface area (Å²) in [6, 6.07) is 15.0. The summed E-state index contributed by atoms with van der Waals surface area (Å²) in [5, 5.41) is 15.2. The first kappa shape index (κ1) is 19.4. The van der Waals surface area contributed by atoms with E-state index in [0.29, 0.717) is 22.9 Å². The maximum Gasteiger partial charge on any atom is 0.231 e. The van der Waals surface area contributed by atoms with Crippen molar-refractivity contribution in [3.8, 4) is 17.3 Å². The normalized spacial score (nSPS) is 10.9. The summed E-state index contributed by atoms with van der Waals surface area (Å²) in [5.74, 6) is -0.0775. The Hall–Kier alpha value is -3.88. The molecule has 0 atom stereocenters. The molecule has 7 nitrogen and oxygen atoms in total. The number of ether oxygens (including phenoxy) is 1. The van der Waals surface area contributed by atoms with Crippen molar-refractivity contribution >= 4 is 11.6 Å². The average molecular weight is 409 g/mol. The van der Waals surface area contributed by atoms with E-state index in [9.17, 15) is 13.6 Å². The molecule has 30 heavy (non-hydrogen) atoms. The zero-order valence-corrected chi connectivity index (χ0v) is 15.8. The van der Waals surface area contributed by atoms with Gasteiger partial charge in [0.05, 0.1) is 13.0 Å². The largest absolute Gasteiger partial charge is 0.475 e. The van der Waals surface area contributed by atoms with Crippen LogP contribution in [0.15, 0.2) is 60.7 Å². The molecule has 0 bridgehead atoms. The van der Waals surface area contributed by atoms with Crippen LogP contribution in [0.1, 0.15) is 5.56 Å². The molecule has 0 aliphatic heterocycles. The predicted octanol–water partition coefficient (Wildman–Crippen LogP) is 2.81. The summed E-state index contributed by atoms with van der Waals surface area (Å²) in [6.45, 7) is 0.494. The molecule has 0 saturated carbocycles. The minimum Gasteiger partial charge on any atom is -0.475 e. The molecular formula is C21H17F2N5O2. The first-order chi connectivity index (χ1) is 14.6. The Morgan fingerprint density at radius 1 is 0.933 bits per heavy atom. The fourth-order valence-electron chi connectivity index (χ4n) is 2.82. The molecule has 0 fully saturated rings. The van der Waals surface area contributed by atoms with Gasteiger partial charge in [-0.15, -0.1) is 15.3 Å². The van der Waals surface area contributed by atoms with Crippen LogP contribution in [0, 0.1) is 11.6 Å². The number of nitrogens with zero attached hydrogens (tertiary/aromatic N) is 4. The number of aromatic nitrogens is 4. The van der Waals surface area contributed by atoms with Gasteiger partial charge in [-0.1, -0.05) is 12.1 Å². The summed E-state index contributed by atoms with van der Waals surface area (Å²) in [7, 11) is 0. The number of hydrogen-bond donors (Lipinski definition) is 1. The van der Waals surface area contributed by atoms with Crippen LogP contribution in [0.25, 0.3) is 17.0 Å². The van der Waals surface area contributed by atoms with E-state index in [-0.39, 0.29) is 37.1 Å². The zero-order valence-electron chi connectivity index (χ0n) is 15.8. The summed E-state index contributed by atoms with van der Waals surface area (Å²) >= 11 is 0. The molecule has 0 spiro atoms. The monoisotopic (exact) mass is 409 g/mol. The fraction of sp³-hybridized carbons (Fsp3) is 0.143.